The van der Waals surface area contributed by atoms with Crippen molar-refractivity contribution in [1.82, 2.24) is 0 Å². The van der Waals surface area contributed by atoms with Crippen molar-refractivity contribution < 1.29 is 4.74 Å². The van der Waals surface area contributed by atoms with E-state index in [9.17, 15) is 0 Å². The van der Waals surface area contributed by atoms with Gasteiger partial charge in [-0.25, -0.2) is 4.99 Å². The van der Waals surface area contributed by atoms with Crippen molar-refractivity contribution >= 4 is 26.3 Å². The first kappa shape index (κ1) is 8.97. The molecule has 0 atom stereocenters. The molecule has 0 fully saturated rings. The summed E-state index contributed by atoms with van der Waals surface area (Å²) in [6.07, 6.45) is 1.56. The fraction of sp³-hybridized carbons (Fsp3) is 0. The average molecular weight is 249 g/mol. The van der Waals surface area contributed by atoms with E-state index < -0.39 is 0 Å². The lowest BCUT2D eigenvalue weighted by Gasteiger charge is -2.04. The molecule has 0 radical (unpaired) electrons. The van der Waals surface area contributed by atoms with Crippen molar-refractivity contribution in [3.8, 4) is 11.8 Å². The Morgan fingerprint density at radius 1 is 1.36 bits per heavy atom. The van der Waals surface area contributed by atoms with Gasteiger partial charge in [-0.1, -0.05) is 18.2 Å². The first-order valence-corrected chi connectivity index (χ1v) is 4.71. The highest BCUT2D eigenvalue weighted by atomic mass is 79.9. The van der Waals surface area contributed by atoms with Gasteiger partial charge in [0.1, 0.15) is 5.75 Å². The van der Waals surface area contributed by atoms with Crippen molar-refractivity contribution in [2.24, 2.45) is 4.99 Å². The maximum absolute atomic E-state index is 8.68. The third-order valence-corrected chi connectivity index (χ3v) is 2.37. The van der Waals surface area contributed by atoms with Crippen molar-refractivity contribution in [2.75, 3.05) is 0 Å². The summed E-state index contributed by atoms with van der Waals surface area (Å²) in [5, 5.41) is 8.68. The second-order valence-corrected chi connectivity index (χ2v) is 3.48. The molecule has 0 saturated carbocycles. The zero-order valence-electron chi connectivity index (χ0n) is 7.07. The van der Waals surface area contributed by atoms with E-state index in [-0.39, 0.29) is 5.90 Å². The second-order valence-electron chi connectivity index (χ2n) is 2.62. The van der Waals surface area contributed by atoms with Crippen LogP contribution in [0.25, 0.3) is 4.48 Å². The third kappa shape index (κ3) is 1.54. The molecule has 1 aromatic rings. The standard InChI is InChI=1S/C10H5BrN2O/c11-8-6-13-10(5-12)14-9-4-2-1-3-7(8)9/h1-4,6H. The Kier molecular flexibility index (Phi) is 2.33. The number of para-hydroxylation sites is 1. The molecule has 1 aliphatic rings. The molecule has 0 spiro atoms. The molecule has 4 heteroatoms. The van der Waals surface area contributed by atoms with E-state index >= 15 is 0 Å². The van der Waals surface area contributed by atoms with Crippen LogP contribution in [0, 0.1) is 11.3 Å². The van der Waals surface area contributed by atoms with Crippen molar-refractivity contribution in [3.63, 3.8) is 0 Å². The van der Waals surface area contributed by atoms with Crippen LogP contribution in [0.1, 0.15) is 5.56 Å². The van der Waals surface area contributed by atoms with Crippen LogP contribution in [0.5, 0.6) is 5.75 Å². The topological polar surface area (TPSA) is 45.4 Å². The Balaban J connectivity index is 2.56. The molecule has 1 aliphatic heterocycles. The molecule has 3 nitrogen and oxygen atoms in total. The molecular weight excluding hydrogens is 244 g/mol. The van der Waals surface area contributed by atoms with Gasteiger partial charge in [-0.3, -0.25) is 0 Å². The van der Waals surface area contributed by atoms with Crippen LogP contribution in [0.15, 0.2) is 35.5 Å². The average Bonchev–Trinajstić information content (AvgIpc) is 2.39. The predicted octanol–water partition coefficient (Wildman–Crippen LogP) is 2.69. The van der Waals surface area contributed by atoms with E-state index in [1.807, 2.05) is 24.3 Å². The number of hydrogen-bond acceptors (Lipinski definition) is 3. The quantitative estimate of drug-likeness (QED) is 0.709. The number of nitriles is 1. The molecule has 0 bridgehead atoms. The molecule has 1 aromatic carbocycles. The van der Waals surface area contributed by atoms with E-state index in [1.54, 1.807) is 12.3 Å². The Hall–Kier alpha value is -1.60. The number of hydrogen-bond donors (Lipinski definition) is 0. The summed E-state index contributed by atoms with van der Waals surface area (Å²) in [5.74, 6) is 0.681. The Morgan fingerprint density at radius 3 is 2.93 bits per heavy atom. The lowest BCUT2D eigenvalue weighted by Crippen LogP contribution is -2.04. The van der Waals surface area contributed by atoms with Crippen molar-refractivity contribution in [1.29, 1.82) is 5.26 Å². The molecule has 0 aromatic heterocycles. The SMILES string of the molecule is N#CC1=NC=C(Br)c2ccccc2O1. The summed E-state index contributed by atoms with van der Waals surface area (Å²) in [7, 11) is 0. The van der Waals surface area contributed by atoms with Gasteiger partial charge in [0.2, 0.25) is 0 Å². The van der Waals surface area contributed by atoms with Gasteiger partial charge in [0.15, 0.2) is 6.07 Å². The van der Waals surface area contributed by atoms with Gasteiger partial charge in [-0.2, -0.15) is 5.26 Å². The smallest absolute Gasteiger partial charge is 0.300 e. The fourth-order valence-electron chi connectivity index (χ4n) is 1.12. The minimum absolute atomic E-state index is 0.0481. The number of nitrogens with zero attached hydrogens (tertiary/aromatic N) is 2. The summed E-state index contributed by atoms with van der Waals surface area (Å²) >= 11 is 3.36. The number of ether oxygens (including phenoxy) is 1. The fourth-order valence-corrected chi connectivity index (χ4v) is 1.55. The molecule has 1 heterocycles. The zero-order valence-corrected chi connectivity index (χ0v) is 8.65. The van der Waals surface area contributed by atoms with Crippen LogP contribution in [-0.2, 0) is 0 Å². The molecule has 0 unspecified atom stereocenters. The van der Waals surface area contributed by atoms with Crippen LogP contribution in [0.2, 0.25) is 0 Å². The maximum atomic E-state index is 8.68. The maximum Gasteiger partial charge on any atom is 0.300 e. The molecule has 2 rings (SSSR count). The summed E-state index contributed by atoms with van der Waals surface area (Å²) in [4.78, 5) is 3.86. The van der Waals surface area contributed by atoms with Crippen molar-refractivity contribution in [2.45, 2.75) is 0 Å². The first-order chi connectivity index (χ1) is 6.81. The minimum Gasteiger partial charge on any atom is -0.430 e. The number of benzene rings is 1. The van der Waals surface area contributed by atoms with Gasteiger partial charge in [-0.15, -0.1) is 0 Å². The normalized spacial score (nSPS) is 14.0. The predicted molar refractivity (Wildman–Crippen MR) is 57.0 cm³/mol. The third-order valence-electron chi connectivity index (χ3n) is 1.74. The highest BCUT2D eigenvalue weighted by molar-refractivity contribution is 9.15. The van der Waals surface area contributed by atoms with Crippen LogP contribution >= 0.6 is 15.9 Å². The lowest BCUT2D eigenvalue weighted by atomic mass is 10.2. The van der Waals surface area contributed by atoms with Gasteiger partial charge in [0.25, 0.3) is 0 Å². The summed E-state index contributed by atoms with van der Waals surface area (Å²) in [5.41, 5.74) is 0.890. The van der Waals surface area contributed by atoms with E-state index in [1.165, 1.54) is 0 Å². The van der Waals surface area contributed by atoms with E-state index in [0.717, 1.165) is 10.0 Å². The van der Waals surface area contributed by atoms with E-state index in [2.05, 4.69) is 20.9 Å². The minimum atomic E-state index is 0.0481. The molecule has 0 aliphatic carbocycles. The van der Waals surface area contributed by atoms with E-state index in [4.69, 9.17) is 10.00 Å². The summed E-state index contributed by atoms with van der Waals surface area (Å²) < 4.78 is 6.09. The molecule has 68 valence electrons. The summed E-state index contributed by atoms with van der Waals surface area (Å²) in [6, 6.07) is 9.30. The molecular formula is C10H5BrN2O. The van der Waals surface area contributed by atoms with Gasteiger partial charge < -0.3 is 4.74 Å². The number of halogens is 1. The van der Waals surface area contributed by atoms with Crippen LogP contribution < -0.4 is 4.74 Å². The van der Waals surface area contributed by atoms with Crippen LogP contribution in [-0.4, -0.2) is 5.90 Å². The molecule has 14 heavy (non-hydrogen) atoms. The van der Waals surface area contributed by atoms with Crippen LogP contribution in [0.3, 0.4) is 0 Å². The number of aliphatic imine (C=N–C) groups is 1. The Morgan fingerprint density at radius 2 is 2.14 bits per heavy atom. The van der Waals surface area contributed by atoms with Gasteiger partial charge in [0, 0.05) is 16.2 Å². The number of fused-ring (bicyclic) bond motifs is 1. The largest absolute Gasteiger partial charge is 0.430 e. The first-order valence-electron chi connectivity index (χ1n) is 3.92. The highest BCUT2D eigenvalue weighted by Crippen LogP contribution is 2.31. The highest BCUT2D eigenvalue weighted by Gasteiger charge is 2.12. The van der Waals surface area contributed by atoms with E-state index in [0.29, 0.717) is 5.75 Å². The molecule has 0 saturated heterocycles. The summed E-state index contributed by atoms with van der Waals surface area (Å²) in [6.45, 7) is 0. The van der Waals surface area contributed by atoms with Crippen molar-refractivity contribution in [3.05, 3.63) is 36.0 Å². The van der Waals surface area contributed by atoms with Gasteiger partial charge in [-0.05, 0) is 22.0 Å². The Bertz CT molecular complexity index is 471. The monoisotopic (exact) mass is 248 g/mol. The second kappa shape index (κ2) is 3.64. The zero-order chi connectivity index (χ0) is 9.97. The molecule has 0 N–H and O–H groups in total. The van der Waals surface area contributed by atoms with Gasteiger partial charge in [0.05, 0.1) is 0 Å². The van der Waals surface area contributed by atoms with Gasteiger partial charge >= 0.3 is 5.90 Å². The number of rotatable bonds is 0. The lowest BCUT2D eigenvalue weighted by molar-refractivity contribution is 0.557. The Labute approximate surface area is 89.5 Å². The molecule has 0 amide bonds. The van der Waals surface area contributed by atoms with Crippen LogP contribution in [0.4, 0.5) is 0 Å².